The first-order valence-corrected chi connectivity index (χ1v) is 11.5. The lowest BCUT2D eigenvalue weighted by molar-refractivity contribution is -0.274. The first-order valence-electron chi connectivity index (χ1n) is 11.5. The number of alkyl carbamates (subject to hydrolysis) is 1. The number of halogens is 3. The van der Waals surface area contributed by atoms with Gasteiger partial charge < -0.3 is 20.1 Å². The molecule has 6 nitrogen and oxygen atoms in total. The van der Waals surface area contributed by atoms with Crippen LogP contribution in [0, 0.1) is 5.41 Å². The number of alkyl halides is 3. The van der Waals surface area contributed by atoms with E-state index in [1.165, 1.54) is 12.1 Å². The van der Waals surface area contributed by atoms with Crippen LogP contribution >= 0.6 is 0 Å². The van der Waals surface area contributed by atoms with Gasteiger partial charge in [0, 0.05) is 6.54 Å². The monoisotopic (exact) mass is 494 g/mol. The highest BCUT2D eigenvalue weighted by Gasteiger charge is 2.31. The highest BCUT2D eigenvalue weighted by atomic mass is 19.4. The van der Waals surface area contributed by atoms with Gasteiger partial charge in [0.1, 0.15) is 11.8 Å². The van der Waals surface area contributed by atoms with E-state index in [0.717, 1.165) is 23.1 Å². The summed E-state index contributed by atoms with van der Waals surface area (Å²) >= 11 is 0. The van der Waals surface area contributed by atoms with Crippen molar-refractivity contribution in [2.45, 2.75) is 59.4 Å². The normalized spacial score (nSPS) is 12.5. The van der Waals surface area contributed by atoms with Crippen molar-refractivity contribution in [2.24, 2.45) is 5.41 Å². The molecule has 0 unspecified atom stereocenters. The van der Waals surface area contributed by atoms with E-state index in [9.17, 15) is 22.8 Å². The van der Waals surface area contributed by atoms with Gasteiger partial charge in [-0.1, -0.05) is 70.5 Å². The molecule has 0 aliphatic heterocycles. The van der Waals surface area contributed by atoms with Gasteiger partial charge in [0.2, 0.25) is 5.91 Å². The lowest BCUT2D eigenvalue weighted by atomic mass is 9.99. The molecule has 2 N–H and O–H groups in total. The summed E-state index contributed by atoms with van der Waals surface area (Å²) in [5.41, 5.74) is 2.42. The van der Waals surface area contributed by atoms with Gasteiger partial charge in [-0.2, -0.15) is 0 Å². The van der Waals surface area contributed by atoms with Crippen LogP contribution in [0.15, 0.2) is 48.5 Å². The van der Waals surface area contributed by atoms with E-state index in [4.69, 9.17) is 4.74 Å². The van der Waals surface area contributed by atoms with Crippen molar-refractivity contribution in [2.75, 3.05) is 13.2 Å². The average Bonchev–Trinajstić information content (AvgIpc) is 2.77. The summed E-state index contributed by atoms with van der Waals surface area (Å²) in [4.78, 5) is 24.6. The van der Waals surface area contributed by atoms with Gasteiger partial charge in [0.25, 0.3) is 0 Å². The fourth-order valence-electron chi connectivity index (χ4n) is 3.19. The van der Waals surface area contributed by atoms with Gasteiger partial charge >= 0.3 is 12.5 Å². The van der Waals surface area contributed by atoms with E-state index in [1.54, 1.807) is 12.1 Å². The third kappa shape index (κ3) is 10.7. The number of benzene rings is 2. The summed E-state index contributed by atoms with van der Waals surface area (Å²) in [6, 6.07) is 12.5. The Morgan fingerprint density at radius 3 is 2.03 bits per heavy atom. The Balaban J connectivity index is 1.85. The fraction of sp³-hybridized carbons (Fsp3) is 0.462. The predicted octanol–water partition coefficient (Wildman–Crippen LogP) is 5.85. The molecule has 1 atom stereocenters. The molecule has 0 spiro atoms. The summed E-state index contributed by atoms with van der Waals surface area (Å²) in [6.45, 7) is 8.42. The average molecular weight is 495 g/mol. The van der Waals surface area contributed by atoms with Gasteiger partial charge in [0.05, 0.1) is 6.61 Å². The number of ether oxygens (including phenoxy) is 2. The van der Waals surface area contributed by atoms with Crippen LogP contribution in [-0.4, -0.2) is 37.6 Å². The van der Waals surface area contributed by atoms with Crippen molar-refractivity contribution in [3.05, 3.63) is 54.1 Å². The topological polar surface area (TPSA) is 76.7 Å². The Morgan fingerprint density at radius 2 is 1.51 bits per heavy atom. The third-order valence-corrected chi connectivity index (χ3v) is 4.91. The van der Waals surface area contributed by atoms with Crippen molar-refractivity contribution in [3.63, 3.8) is 0 Å². The predicted molar refractivity (Wildman–Crippen MR) is 128 cm³/mol. The Kier molecular flexibility index (Phi) is 9.98. The Labute approximate surface area is 204 Å². The molecular weight excluding hydrogens is 461 g/mol. The Hall–Kier alpha value is -3.23. The molecule has 192 valence electrons. The largest absolute Gasteiger partial charge is 0.573 e. The van der Waals surface area contributed by atoms with Gasteiger partial charge in [0.15, 0.2) is 0 Å². The van der Waals surface area contributed by atoms with E-state index in [1.807, 2.05) is 52.0 Å². The number of carbonyl (C=O) groups is 2. The van der Waals surface area contributed by atoms with Crippen LogP contribution in [0.25, 0.3) is 11.1 Å². The van der Waals surface area contributed by atoms with Crippen LogP contribution in [0.2, 0.25) is 0 Å². The van der Waals surface area contributed by atoms with Gasteiger partial charge in [-0.15, -0.1) is 13.2 Å². The maximum Gasteiger partial charge on any atom is 0.573 e. The highest BCUT2D eigenvalue weighted by Crippen LogP contribution is 2.26. The van der Waals surface area contributed by atoms with Gasteiger partial charge in [-0.25, -0.2) is 4.79 Å². The van der Waals surface area contributed by atoms with Gasteiger partial charge in [-0.05, 0) is 47.1 Å². The smallest absolute Gasteiger partial charge is 0.449 e. The molecule has 2 amide bonds. The molecule has 2 aromatic carbocycles. The molecule has 0 aliphatic rings. The number of hydrogen-bond donors (Lipinski definition) is 2. The Bertz CT molecular complexity index is 953. The van der Waals surface area contributed by atoms with Crippen molar-refractivity contribution in [1.29, 1.82) is 0 Å². The Morgan fingerprint density at radius 1 is 0.943 bits per heavy atom. The number of amides is 2. The van der Waals surface area contributed by atoms with Crippen molar-refractivity contribution in [1.82, 2.24) is 10.6 Å². The van der Waals surface area contributed by atoms with Crippen molar-refractivity contribution in [3.8, 4) is 16.9 Å². The molecule has 0 saturated carbocycles. The van der Waals surface area contributed by atoms with Crippen LogP contribution in [0.5, 0.6) is 5.75 Å². The molecular formula is C26H33F3N2O4. The molecule has 9 heteroatoms. The van der Waals surface area contributed by atoms with Crippen molar-refractivity contribution >= 4 is 12.0 Å². The minimum atomic E-state index is -4.72. The van der Waals surface area contributed by atoms with E-state index in [0.29, 0.717) is 19.4 Å². The molecule has 2 rings (SSSR count). The molecule has 0 fully saturated rings. The van der Waals surface area contributed by atoms with Crippen LogP contribution < -0.4 is 15.4 Å². The van der Waals surface area contributed by atoms with E-state index < -0.39 is 18.5 Å². The summed E-state index contributed by atoms with van der Waals surface area (Å²) in [5, 5.41) is 5.49. The molecule has 0 saturated heterocycles. The first-order chi connectivity index (χ1) is 16.4. The lowest BCUT2D eigenvalue weighted by Crippen LogP contribution is -2.47. The highest BCUT2D eigenvalue weighted by molar-refractivity contribution is 5.85. The summed E-state index contributed by atoms with van der Waals surface area (Å²) in [7, 11) is 0. The van der Waals surface area contributed by atoms with Crippen LogP contribution in [-0.2, 0) is 16.0 Å². The molecule has 0 aliphatic carbocycles. The van der Waals surface area contributed by atoms with E-state index >= 15 is 0 Å². The number of hydrogen-bond acceptors (Lipinski definition) is 4. The third-order valence-electron chi connectivity index (χ3n) is 4.91. The van der Waals surface area contributed by atoms with Crippen LogP contribution in [0.3, 0.4) is 0 Å². The maximum absolute atomic E-state index is 12.6. The zero-order valence-corrected chi connectivity index (χ0v) is 20.5. The number of rotatable bonds is 10. The van der Waals surface area contributed by atoms with E-state index in [2.05, 4.69) is 15.4 Å². The zero-order chi connectivity index (χ0) is 26.1. The molecule has 2 aromatic rings. The number of carbonyl (C=O) groups excluding carboxylic acids is 2. The molecule has 0 radical (unpaired) electrons. The second kappa shape index (κ2) is 12.5. The van der Waals surface area contributed by atoms with E-state index in [-0.39, 0.29) is 23.7 Å². The minimum absolute atomic E-state index is 0.166. The lowest BCUT2D eigenvalue weighted by Gasteiger charge is -2.21. The zero-order valence-electron chi connectivity index (χ0n) is 20.5. The molecule has 0 heterocycles. The maximum atomic E-state index is 12.6. The van der Waals surface area contributed by atoms with Crippen LogP contribution in [0.1, 0.15) is 46.1 Å². The molecule has 0 bridgehead atoms. The van der Waals surface area contributed by atoms with Gasteiger partial charge in [-0.3, -0.25) is 4.79 Å². The van der Waals surface area contributed by atoms with Crippen molar-refractivity contribution < 1.29 is 32.2 Å². The number of nitrogens with one attached hydrogen (secondary N) is 2. The second-order valence-electron chi connectivity index (χ2n) is 9.43. The first kappa shape index (κ1) is 28.0. The molecule has 0 aromatic heterocycles. The molecule has 35 heavy (non-hydrogen) atoms. The quantitative estimate of drug-likeness (QED) is 0.434. The minimum Gasteiger partial charge on any atom is -0.449 e. The standard InChI is InChI=1S/C26H33F3N2O4/c1-5-6-22(31-24(33)34-17-25(2,3)4)23(32)30-16-15-18-7-9-19(10-8-18)20-11-13-21(14-12-20)35-26(27,28)29/h7-14,22H,5-6,15-17H2,1-4H3,(H,30,32)(H,31,33)/t22-/m0/s1. The summed E-state index contributed by atoms with van der Waals surface area (Å²) in [5.74, 6) is -0.538. The summed E-state index contributed by atoms with van der Waals surface area (Å²) < 4.78 is 46.0. The second-order valence-corrected chi connectivity index (χ2v) is 9.43. The fourth-order valence-corrected chi connectivity index (χ4v) is 3.19. The SMILES string of the molecule is CCC[C@H](NC(=O)OCC(C)(C)C)C(=O)NCCc1ccc(-c2ccc(OC(F)(F)F)cc2)cc1. The van der Waals surface area contributed by atoms with Crippen LogP contribution in [0.4, 0.5) is 18.0 Å². The summed E-state index contributed by atoms with van der Waals surface area (Å²) in [6.07, 6.45) is -3.53.